The second-order valence-electron chi connectivity index (χ2n) is 4.88. The molecule has 1 aromatic rings. The number of anilines is 2. The van der Waals surface area contributed by atoms with E-state index < -0.39 is 11.9 Å². The van der Waals surface area contributed by atoms with Gasteiger partial charge in [0.05, 0.1) is 0 Å². The highest BCUT2D eigenvalue weighted by Crippen LogP contribution is 2.23. The van der Waals surface area contributed by atoms with Crippen LogP contribution in [0.25, 0.3) is 0 Å². The van der Waals surface area contributed by atoms with Crippen LogP contribution < -0.4 is 10.2 Å². The first-order chi connectivity index (χ1) is 10.1. The molecule has 6 heteroatoms. The second kappa shape index (κ2) is 6.88. The summed E-state index contributed by atoms with van der Waals surface area (Å²) in [5.74, 6) is -0.810. The van der Waals surface area contributed by atoms with Gasteiger partial charge in [-0.15, -0.1) is 0 Å². The number of esters is 1. The number of ether oxygens (including phenoxy) is 1. The van der Waals surface area contributed by atoms with Crippen LogP contribution in [-0.2, 0) is 19.1 Å². The third-order valence-electron chi connectivity index (χ3n) is 3.17. The van der Waals surface area contributed by atoms with Gasteiger partial charge in [0.2, 0.25) is 5.91 Å². The number of rotatable bonds is 4. The first-order valence-electron chi connectivity index (χ1n) is 6.90. The Hall–Kier alpha value is -2.37. The lowest BCUT2D eigenvalue weighted by molar-refractivity contribution is -0.144. The SMILES string of the molecule is CC(=O)OCC(=O)Nc1cccc(N2CCCCC2=O)c1. The maximum absolute atomic E-state index is 11.9. The van der Waals surface area contributed by atoms with Crippen molar-refractivity contribution < 1.29 is 19.1 Å². The number of carbonyl (C=O) groups excluding carboxylic acids is 3. The number of piperidine rings is 1. The third kappa shape index (κ3) is 4.30. The molecule has 1 aliphatic heterocycles. The Morgan fingerprint density at radius 2 is 2.14 bits per heavy atom. The van der Waals surface area contributed by atoms with E-state index in [0.717, 1.165) is 18.5 Å². The van der Waals surface area contributed by atoms with Crippen LogP contribution >= 0.6 is 0 Å². The van der Waals surface area contributed by atoms with Crippen LogP contribution in [0.5, 0.6) is 0 Å². The number of hydrogen-bond acceptors (Lipinski definition) is 4. The second-order valence-corrected chi connectivity index (χ2v) is 4.88. The summed E-state index contributed by atoms with van der Waals surface area (Å²) < 4.78 is 4.62. The fourth-order valence-electron chi connectivity index (χ4n) is 2.19. The van der Waals surface area contributed by atoms with Crippen LogP contribution in [0, 0.1) is 0 Å². The number of carbonyl (C=O) groups is 3. The van der Waals surface area contributed by atoms with E-state index in [-0.39, 0.29) is 12.5 Å². The zero-order valence-electron chi connectivity index (χ0n) is 11.9. The average Bonchev–Trinajstić information content (AvgIpc) is 2.46. The van der Waals surface area contributed by atoms with Gasteiger partial charge < -0.3 is 15.0 Å². The van der Waals surface area contributed by atoms with E-state index in [1.165, 1.54) is 6.92 Å². The normalized spacial score (nSPS) is 14.7. The average molecular weight is 290 g/mol. The van der Waals surface area contributed by atoms with Gasteiger partial charge in [0.25, 0.3) is 5.91 Å². The van der Waals surface area contributed by atoms with E-state index in [9.17, 15) is 14.4 Å². The van der Waals surface area contributed by atoms with Gasteiger partial charge in [0.1, 0.15) is 0 Å². The highest BCUT2D eigenvalue weighted by Gasteiger charge is 2.19. The molecule has 112 valence electrons. The summed E-state index contributed by atoms with van der Waals surface area (Å²) in [7, 11) is 0. The first kappa shape index (κ1) is 15.0. The molecule has 2 amide bonds. The van der Waals surface area contributed by atoms with Gasteiger partial charge in [-0.3, -0.25) is 14.4 Å². The summed E-state index contributed by atoms with van der Waals surface area (Å²) in [6.45, 7) is 1.63. The Morgan fingerprint density at radius 3 is 2.86 bits per heavy atom. The zero-order valence-corrected chi connectivity index (χ0v) is 11.9. The Bertz CT molecular complexity index is 556. The predicted octanol–water partition coefficient (Wildman–Crippen LogP) is 1.71. The van der Waals surface area contributed by atoms with E-state index >= 15 is 0 Å². The van der Waals surface area contributed by atoms with Crippen molar-refractivity contribution in [2.45, 2.75) is 26.2 Å². The van der Waals surface area contributed by atoms with Crippen LogP contribution in [0.4, 0.5) is 11.4 Å². The molecular formula is C15H18N2O4. The van der Waals surface area contributed by atoms with Gasteiger partial charge in [0.15, 0.2) is 6.61 Å². The molecule has 1 N–H and O–H groups in total. The summed E-state index contributed by atoms with van der Waals surface area (Å²) in [5.41, 5.74) is 1.34. The Balaban J connectivity index is 2.02. The molecule has 0 radical (unpaired) electrons. The molecule has 0 aliphatic carbocycles. The molecular weight excluding hydrogens is 272 g/mol. The van der Waals surface area contributed by atoms with Crippen LogP contribution in [-0.4, -0.2) is 30.9 Å². The number of nitrogens with zero attached hydrogens (tertiary/aromatic N) is 1. The number of amides is 2. The maximum atomic E-state index is 11.9. The molecule has 0 spiro atoms. The molecule has 1 fully saturated rings. The topological polar surface area (TPSA) is 75.7 Å². The molecule has 1 saturated heterocycles. The monoisotopic (exact) mass is 290 g/mol. The largest absolute Gasteiger partial charge is 0.456 e. The van der Waals surface area contributed by atoms with E-state index in [2.05, 4.69) is 10.1 Å². The van der Waals surface area contributed by atoms with Crippen molar-refractivity contribution in [2.75, 3.05) is 23.4 Å². The lowest BCUT2D eigenvalue weighted by Crippen LogP contribution is -2.35. The van der Waals surface area contributed by atoms with Gasteiger partial charge in [-0.05, 0) is 31.0 Å². The van der Waals surface area contributed by atoms with Crippen molar-refractivity contribution in [3.05, 3.63) is 24.3 Å². The first-order valence-corrected chi connectivity index (χ1v) is 6.90. The summed E-state index contributed by atoms with van der Waals surface area (Å²) >= 11 is 0. The molecule has 0 unspecified atom stereocenters. The van der Waals surface area contributed by atoms with E-state index in [4.69, 9.17) is 0 Å². The number of nitrogens with one attached hydrogen (secondary N) is 1. The summed E-state index contributed by atoms with van der Waals surface area (Å²) in [4.78, 5) is 35.9. The maximum Gasteiger partial charge on any atom is 0.303 e. The Labute approximate surface area is 123 Å². The highest BCUT2D eigenvalue weighted by molar-refractivity contribution is 5.96. The summed E-state index contributed by atoms with van der Waals surface area (Å²) in [6.07, 6.45) is 2.46. The minimum atomic E-state index is -0.502. The number of hydrogen-bond donors (Lipinski definition) is 1. The molecule has 0 saturated carbocycles. The van der Waals surface area contributed by atoms with Crippen molar-refractivity contribution in [3.63, 3.8) is 0 Å². The van der Waals surface area contributed by atoms with Crippen molar-refractivity contribution >= 4 is 29.2 Å². The summed E-state index contributed by atoms with van der Waals surface area (Å²) in [5, 5.41) is 2.64. The highest BCUT2D eigenvalue weighted by atomic mass is 16.5. The van der Waals surface area contributed by atoms with Gasteiger partial charge in [-0.25, -0.2) is 0 Å². The zero-order chi connectivity index (χ0) is 15.2. The molecule has 1 aliphatic rings. The lowest BCUT2D eigenvalue weighted by Gasteiger charge is -2.27. The standard InChI is InChI=1S/C15H18N2O4/c1-11(18)21-10-14(19)16-12-5-4-6-13(9-12)17-8-3-2-7-15(17)20/h4-6,9H,2-3,7-8,10H2,1H3,(H,16,19). The molecule has 0 atom stereocenters. The van der Waals surface area contributed by atoms with Crippen LogP contribution in [0.15, 0.2) is 24.3 Å². The van der Waals surface area contributed by atoms with Crippen LogP contribution in [0.1, 0.15) is 26.2 Å². The summed E-state index contributed by atoms with van der Waals surface area (Å²) in [6, 6.07) is 7.09. The van der Waals surface area contributed by atoms with E-state index in [1.807, 2.05) is 6.07 Å². The fraction of sp³-hybridized carbons (Fsp3) is 0.400. The van der Waals surface area contributed by atoms with Crippen LogP contribution in [0.3, 0.4) is 0 Å². The quantitative estimate of drug-likeness (QED) is 0.856. The minimum absolute atomic E-state index is 0.102. The minimum Gasteiger partial charge on any atom is -0.456 e. The molecule has 0 aromatic heterocycles. The third-order valence-corrected chi connectivity index (χ3v) is 3.17. The van der Waals surface area contributed by atoms with Crippen molar-refractivity contribution in [1.29, 1.82) is 0 Å². The molecule has 1 aromatic carbocycles. The number of benzene rings is 1. The van der Waals surface area contributed by atoms with Crippen molar-refractivity contribution in [2.24, 2.45) is 0 Å². The van der Waals surface area contributed by atoms with Gasteiger partial charge in [-0.2, -0.15) is 0 Å². The van der Waals surface area contributed by atoms with Crippen molar-refractivity contribution in [3.8, 4) is 0 Å². The molecule has 6 nitrogen and oxygen atoms in total. The fourth-order valence-corrected chi connectivity index (χ4v) is 2.19. The molecule has 21 heavy (non-hydrogen) atoms. The van der Waals surface area contributed by atoms with E-state index in [0.29, 0.717) is 18.7 Å². The Morgan fingerprint density at radius 1 is 1.33 bits per heavy atom. The van der Waals surface area contributed by atoms with Gasteiger partial charge in [0, 0.05) is 31.3 Å². The van der Waals surface area contributed by atoms with Crippen molar-refractivity contribution in [1.82, 2.24) is 0 Å². The van der Waals surface area contributed by atoms with Crippen LogP contribution in [0.2, 0.25) is 0 Å². The molecule has 0 bridgehead atoms. The molecule has 1 heterocycles. The van der Waals surface area contributed by atoms with Gasteiger partial charge in [-0.1, -0.05) is 6.07 Å². The lowest BCUT2D eigenvalue weighted by atomic mass is 10.1. The van der Waals surface area contributed by atoms with Gasteiger partial charge >= 0.3 is 5.97 Å². The van der Waals surface area contributed by atoms with E-state index in [1.54, 1.807) is 23.1 Å². The molecule has 2 rings (SSSR count). The Kier molecular flexibility index (Phi) is 4.92. The predicted molar refractivity (Wildman–Crippen MR) is 77.9 cm³/mol. The smallest absolute Gasteiger partial charge is 0.303 e.